The second-order valence-electron chi connectivity index (χ2n) is 3.67. The number of hydrogen-bond acceptors (Lipinski definition) is 5. The first-order valence-electron chi connectivity index (χ1n) is 5.41. The van der Waals surface area contributed by atoms with E-state index in [1.54, 1.807) is 35.0 Å². The summed E-state index contributed by atoms with van der Waals surface area (Å²) < 4.78 is 32.8. The van der Waals surface area contributed by atoms with Crippen molar-refractivity contribution < 1.29 is 23.1 Å². The molecule has 0 rings (SSSR count). The molecular formula is C10H23O5P. The summed E-state index contributed by atoms with van der Waals surface area (Å²) in [5.41, 5.74) is 0. The first-order valence-corrected chi connectivity index (χ1v) is 7.14. The number of rotatable bonds is 9. The lowest BCUT2D eigenvalue weighted by Gasteiger charge is -2.24. The van der Waals surface area contributed by atoms with Gasteiger partial charge in [0.25, 0.3) is 0 Å². The minimum Gasteiger partial charge on any atom is -0.382 e. The maximum absolute atomic E-state index is 12.2. The van der Waals surface area contributed by atoms with Crippen molar-refractivity contribution in [2.75, 3.05) is 33.6 Å². The van der Waals surface area contributed by atoms with E-state index in [9.17, 15) is 4.57 Å². The fraction of sp³-hybridized carbons (Fsp3) is 1.00. The summed E-state index contributed by atoms with van der Waals surface area (Å²) in [5, 5.41) is 0. The lowest BCUT2D eigenvalue weighted by atomic mass is 10.5. The lowest BCUT2D eigenvalue weighted by Crippen LogP contribution is -2.19. The van der Waals surface area contributed by atoms with Crippen LogP contribution >= 0.6 is 7.60 Å². The molecule has 0 aliphatic carbocycles. The van der Waals surface area contributed by atoms with Crippen LogP contribution in [0.2, 0.25) is 0 Å². The van der Waals surface area contributed by atoms with Crippen molar-refractivity contribution in [3.8, 4) is 0 Å². The molecule has 6 heteroatoms. The summed E-state index contributed by atoms with van der Waals surface area (Å²) in [6, 6.07) is 0. The molecule has 0 heterocycles. The van der Waals surface area contributed by atoms with E-state index in [0.29, 0.717) is 19.4 Å². The average molecular weight is 254 g/mol. The Hall–Kier alpha value is 0.0700. The van der Waals surface area contributed by atoms with Crippen LogP contribution in [0.15, 0.2) is 0 Å². The van der Waals surface area contributed by atoms with Crippen molar-refractivity contribution in [1.82, 2.24) is 0 Å². The van der Waals surface area contributed by atoms with Crippen LogP contribution in [-0.4, -0.2) is 45.8 Å². The van der Waals surface area contributed by atoms with E-state index in [-0.39, 0.29) is 12.2 Å². The van der Waals surface area contributed by atoms with Crippen LogP contribution in [0.1, 0.15) is 20.8 Å². The molecule has 0 aromatic carbocycles. The molecule has 0 spiro atoms. The van der Waals surface area contributed by atoms with E-state index in [1.807, 2.05) is 0 Å². The van der Waals surface area contributed by atoms with Gasteiger partial charge in [-0.05, 0) is 13.8 Å². The van der Waals surface area contributed by atoms with Gasteiger partial charge in [-0.3, -0.25) is 4.57 Å². The first-order chi connectivity index (χ1) is 7.47. The smallest absolute Gasteiger partial charge is 0.331 e. The monoisotopic (exact) mass is 254 g/mol. The molecular weight excluding hydrogens is 231 g/mol. The normalized spacial score (nSPS) is 19.1. The molecule has 0 aliphatic rings. The van der Waals surface area contributed by atoms with Crippen molar-refractivity contribution in [1.29, 1.82) is 0 Å². The molecule has 0 radical (unpaired) electrons. The van der Waals surface area contributed by atoms with Gasteiger partial charge in [0.2, 0.25) is 0 Å². The highest BCUT2D eigenvalue weighted by Crippen LogP contribution is 2.49. The highest BCUT2D eigenvalue weighted by molar-refractivity contribution is 7.53. The highest BCUT2D eigenvalue weighted by Gasteiger charge is 2.27. The Morgan fingerprint density at radius 3 is 1.62 bits per heavy atom. The van der Waals surface area contributed by atoms with E-state index >= 15 is 0 Å². The third-order valence-electron chi connectivity index (χ3n) is 1.87. The Kier molecular flexibility index (Phi) is 8.24. The van der Waals surface area contributed by atoms with Gasteiger partial charge in [-0.1, -0.05) is 6.92 Å². The van der Waals surface area contributed by atoms with Crippen LogP contribution in [0.25, 0.3) is 0 Å². The molecule has 0 aromatic heterocycles. The average Bonchev–Trinajstić information content (AvgIpc) is 2.17. The van der Waals surface area contributed by atoms with E-state index in [4.69, 9.17) is 18.5 Å². The number of hydrogen-bond donors (Lipinski definition) is 0. The maximum atomic E-state index is 12.2. The van der Waals surface area contributed by atoms with Crippen LogP contribution in [0.5, 0.6) is 0 Å². The van der Waals surface area contributed by atoms with Crippen molar-refractivity contribution in [3.63, 3.8) is 0 Å². The van der Waals surface area contributed by atoms with Crippen molar-refractivity contribution in [2.24, 2.45) is 0 Å². The molecule has 0 bridgehead atoms. The SMILES string of the molecule is CCP(=O)(OC(C)COC)OC(C)COC. The van der Waals surface area contributed by atoms with Gasteiger partial charge < -0.3 is 18.5 Å². The molecule has 0 saturated heterocycles. The summed E-state index contributed by atoms with van der Waals surface area (Å²) in [6.45, 7) is 6.17. The minimum absolute atomic E-state index is 0.245. The standard InChI is InChI=1S/C10H23O5P/c1-6-16(11,14-9(2)7-12-4)15-10(3)8-13-5/h9-10H,6-8H2,1-5H3. The van der Waals surface area contributed by atoms with Crippen LogP contribution in [-0.2, 0) is 23.1 Å². The van der Waals surface area contributed by atoms with Crippen LogP contribution in [0, 0.1) is 0 Å². The summed E-state index contributed by atoms with van der Waals surface area (Å²) in [6.07, 6.45) is -0.147. The van der Waals surface area contributed by atoms with Gasteiger partial charge >= 0.3 is 7.60 Å². The Morgan fingerprint density at radius 2 is 1.38 bits per heavy atom. The zero-order valence-electron chi connectivity index (χ0n) is 10.8. The van der Waals surface area contributed by atoms with E-state index < -0.39 is 7.60 Å². The van der Waals surface area contributed by atoms with Gasteiger partial charge in [0.15, 0.2) is 0 Å². The quantitative estimate of drug-likeness (QED) is 0.591. The lowest BCUT2D eigenvalue weighted by molar-refractivity contribution is 0.0463. The fourth-order valence-corrected chi connectivity index (χ4v) is 2.82. The second-order valence-corrected chi connectivity index (χ2v) is 5.95. The maximum Gasteiger partial charge on any atom is 0.331 e. The zero-order chi connectivity index (χ0) is 12.6. The van der Waals surface area contributed by atoms with Crippen molar-refractivity contribution in [2.45, 2.75) is 33.0 Å². The Morgan fingerprint density at radius 1 is 1.00 bits per heavy atom. The van der Waals surface area contributed by atoms with Gasteiger partial charge in [0.1, 0.15) is 0 Å². The minimum atomic E-state index is -3.03. The van der Waals surface area contributed by atoms with Crippen LogP contribution in [0.3, 0.4) is 0 Å². The fourth-order valence-electron chi connectivity index (χ4n) is 1.25. The number of ether oxygens (including phenoxy) is 2. The molecule has 16 heavy (non-hydrogen) atoms. The topological polar surface area (TPSA) is 54.0 Å². The van der Waals surface area contributed by atoms with Crippen molar-refractivity contribution >= 4 is 7.60 Å². The van der Waals surface area contributed by atoms with E-state index in [0.717, 1.165) is 0 Å². The molecule has 2 atom stereocenters. The molecule has 2 unspecified atom stereocenters. The third kappa shape index (κ3) is 6.61. The highest BCUT2D eigenvalue weighted by atomic mass is 31.2. The van der Waals surface area contributed by atoms with Gasteiger partial charge in [0.05, 0.1) is 25.4 Å². The van der Waals surface area contributed by atoms with E-state index in [1.165, 1.54) is 0 Å². The summed E-state index contributed by atoms with van der Waals surface area (Å²) >= 11 is 0. The summed E-state index contributed by atoms with van der Waals surface area (Å²) in [7, 11) is 0.117. The molecule has 0 saturated carbocycles. The van der Waals surface area contributed by atoms with Gasteiger partial charge in [-0.2, -0.15) is 0 Å². The summed E-state index contributed by atoms with van der Waals surface area (Å²) in [5.74, 6) is 0. The first kappa shape index (κ1) is 16.1. The molecule has 0 fully saturated rings. The molecule has 0 aliphatic heterocycles. The van der Waals surface area contributed by atoms with Crippen LogP contribution < -0.4 is 0 Å². The Labute approximate surface area is 97.9 Å². The number of methoxy groups -OCH3 is 2. The molecule has 98 valence electrons. The molecule has 5 nitrogen and oxygen atoms in total. The largest absolute Gasteiger partial charge is 0.382 e. The molecule has 0 aromatic rings. The predicted molar refractivity (Wildman–Crippen MR) is 63.0 cm³/mol. The Balaban J connectivity index is 4.24. The third-order valence-corrected chi connectivity index (χ3v) is 4.01. The summed E-state index contributed by atoms with van der Waals surface area (Å²) in [4.78, 5) is 0. The second kappa shape index (κ2) is 8.20. The Bertz CT molecular complexity index is 203. The van der Waals surface area contributed by atoms with Gasteiger partial charge in [-0.25, -0.2) is 0 Å². The predicted octanol–water partition coefficient (Wildman–Crippen LogP) is 2.30. The van der Waals surface area contributed by atoms with Gasteiger partial charge in [-0.15, -0.1) is 0 Å². The zero-order valence-corrected chi connectivity index (χ0v) is 11.7. The van der Waals surface area contributed by atoms with E-state index in [2.05, 4.69) is 0 Å². The molecule has 0 N–H and O–H groups in total. The van der Waals surface area contributed by atoms with Gasteiger partial charge in [0, 0.05) is 20.4 Å². The van der Waals surface area contributed by atoms with Crippen LogP contribution in [0.4, 0.5) is 0 Å². The molecule has 0 amide bonds. The van der Waals surface area contributed by atoms with Crippen molar-refractivity contribution in [3.05, 3.63) is 0 Å².